The van der Waals surface area contributed by atoms with Gasteiger partial charge in [0.25, 0.3) is 0 Å². The predicted octanol–water partition coefficient (Wildman–Crippen LogP) is 2.74. The SMILES string of the molecule is Clc1cccc(-c2n[nH]c3nc(N4CCNCC4)cnc23)c1Cl. The number of anilines is 1. The Hall–Kier alpha value is -1.89. The van der Waals surface area contributed by atoms with E-state index >= 15 is 0 Å². The minimum absolute atomic E-state index is 0.468. The molecule has 0 spiro atoms. The second-order valence-corrected chi connectivity index (χ2v) is 6.12. The second-order valence-electron chi connectivity index (χ2n) is 5.34. The highest BCUT2D eigenvalue weighted by Crippen LogP contribution is 2.35. The lowest BCUT2D eigenvalue weighted by molar-refractivity contribution is 0.585. The van der Waals surface area contributed by atoms with Crippen molar-refractivity contribution in [3.8, 4) is 11.3 Å². The number of rotatable bonds is 2. The van der Waals surface area contributed by atoms with E-state index in [0.29, 0.717) is 26.9 Å². The average molecular weight is 349 g/mol. The van der Waals surface area contributed by atoms with E-state index in [1.165, 1.54) is 0 Å². The lowest BCUT2D eigenvalue weighted by Crippen LogP contribution is -2.43. The third-order valence-electron chi connectivity index (χ3n) is 3.91. The van der Waals surface area contributed by atoms with Crippen LogP contribution in [0.1, 0.15) is 0 Å². The summed E-state index contributed by atoms with van der Waals surface area (Å²) in [7, 11) is 0. The van der Waals surface area contributed by atoms with Crippen LogP contribution in [0, 0.1) is 0 Å². The van der Waals surface area contributed by atoms with Gasteiger partial charge in [-0.05, 0) is 6.07 Å². The highest BCUT2D eigenvalue weighted by atomic mass is 35.5. The maximum atomic E-state index is 6.29. The lowest BCUT2D eigenvalue weighted by atomic mass is 10.1. The molecule has 8 heteroatoms. The number of nitrogens with zero attached hydrogens (tertiary/aromatic N) is 4. The van der Waals surface area contributed by atoms with Crippen LogP contribution in [-0.4, -0.2) is 46.3 Å². The fraction of sp³-hybridized carbons (Fsp3) is 0.267. The van der Waals surface area contributed by atoms with Gasteiger partial charge in [0.1, 0.15) is 17.0 Å². The molecule has 0 radical (unpaired) electrons. The molecule has 3 aromatic rings. The zero-order chi connectivity index (χ0) is 15.8. The van der Waals surface area contributed by atoms with Crippen molar-refractivity contribution >= 4 is 40.2 Å². The average Bonchev–Trinajstić information content (AvgIpc) is 3.01. The summed E-state index contributed by atoms with van der Waals surface area (Å²) in [6.07, 6.45) is 1.78. The maximum absolute atomic E-state index is 6.29. The van der Waals surface area contributed by atoms with Gasteiger partial charge in [-0.3, -0.25) is 5.10 Å². The number of fused-ring (bicyclic) bond motifs is 1. The van der Waals surface area contributed by atoms with Crippen LogP contribution < -0.4 is 10.2 Å². The van der Waals surface area contributed by atoms with Gasteiger partial charge in [-0.25, -0.2) is 9.97 Å². The first kappa shape index (κ1) is 14.7. The molecule has 4 rings (SSSR count). The number of hydrogen-bond acceptors (Lipinski definition) is 5. The summed E-state index contributed by atoms with van der Waals surface area (Å²) in [6, 6.07) is 5.46. The summed E-state index contributed by atoms with van der Waals surface area (Å²) in [6.45, 7) is 3.74. The number of piperazine rings is 1. The van der Waals surface area contributed by atoms with Crippen LogP contribution in [0.2, 0.25) is 10.0 Å². The second kappa shape index (κ2) is 5.96. The summed E-state index contributed by atoms with van der Waals surface area (Å²) in [5.41, 5.74) is 2.74. The standard InChI is InChI=1S/C15H14Cl2N6/c16-10-3-1-2-9(12(10)17)13-14-15(22-21-13)20-11(8-19-14)23-6-4-18-5-7-23/h1-3,8,18H,4-7H2,(H,20,21,22). The molecule has 0 saturated carbocycles. The van der Waals surface area contributed by atoms with Gasteiger partial charge in [0, 0.05) is 31.7 Å². The largest absolute Gasteiger partial charge is 0.353 e. The Bertz CT molecular complexity index is 856. The van der Waals surface area contributed by atoms with Crippen molar-refractivity contribution < 1.29 is 0 Å². The Morgan fingerprint density at radius 3 is 2.78 bits per heavy atom. The Labute approximate surface area is 142 Å². The van der Waals surface area contributed by atoms with Crippen molar-refractivity contribution in [1.82, 2.24) is 25.5 Å². The quantitative estimate of drug-likeness (QED) is 0.745. The molecule has 1 aliphatic rings. The summed E-state index contributed by atoms with van der Waals surface area (Å²) in [4.78, 5) is 11.4. The van der Waals surface area contributed by atoms with E-state index in [4.69, 9.17) is 23.2 Å². The van der Waals surface area contributed by atoms with Crippen LogP contribution in [0.4, 0.5) is 5.82 Å². The normalized spacial score (nSPS) is 15.3. The van der Waals surface area contributed by atoms with Crippen molar-refractivity contribution in [2.45, 2.75) is 0 Å². The molecular formula is C15H14Cl2N6. The number of aromatic amines is 1. The molecule has 0 atom stereocenters. The van der Waals surface area contributed by atoms with Crippen molar-refractivity contribution in [3.05, 3.63) is 34.4 Å². The fourth-order valence-corrected chi connectivity index (χ4v) is 3.10. The highest BCUT2D eigenvalue weighted by molar-refractivity contribution is 6.43. The van der Waals surface area contributed by atoms with Gasteiger partial charge >= 0.3 is 0 Å². The summed E-state index contributed by atoms with van der Waals surface area (Å²) >= 11 is 12.4. The first-order valence-electron chi connectivity index (χ1n) is 7.35. The lowest BCUT2D eigenvalue weighted by Gasteiger charge is -2.27. The molecule has 1 aliphatic heterocycles. The van der Waals surface area contributed by atoms with Gasteiger partial charge in [0.05, 0.1) is 16.2 Å². The number of halogens is 2. The number of aromatic nitrogens is 4. The van der Waals surface area contributed by atoms with E-state index in [1.54, 1.807) is 12.3 Å². The van der Waals surface area contributed by atoms with Crippen LogP contribution in [-0.2, 0) is 0 Å². The van der Waals surface area contributed by atoms with Gasteiger partial charge < -0.3 is 10.2 Å². The van der Waals surface area contributed by atoms with E-state index in [0.717, 1.165) is 37.6 Å². The summed E-state index contributed by atoms with van der Waals surface area (Å²) in [5, 5.41) is 11.6. The molecule has 2 N–H and O–H groups in total. The number of nitrogens with one attached hydrogen (secondary N) is 2. The molecule has 23 heavy (non-hydrogen) atoms. The molecule has 6 nitrogen and oxygen atoms in total. The minimum Gasteiger partial charge on any atom is -0.353 e. The molecule has 3 heterocycles. The summed E-state index contributed by atoms with van der Waals surface area (Å²) < 4.78 is 0. The maximum Gasteiger partial charge on any atom is 0.177 e. The third kappa shape index (κ3) is 2.63. The number of benzene rings is 1. The molecule has 2 aromatic heterocycles. The minimum atomic E-state index is 0.468. The predicted molar refractivity (Wildman–Crippen MR) is 92.2 cm³/mol. The van der Waals surface area contributed by atoms with E-state index in [-0.39, 0.29) is 0 Å². The smallest absolute Gasteiger partial charge is 0.177 e. The van der Waals surface area contributed by atoms with Crippen molar-refractivity contribution in [3.63, 3.8) is 0 Å². The summed E-state index contributed by atoms with van der Waals surface area (Å²) in [5.74, 6) is 0.853. The molecule has 118 valence electrons. The Morgan fingerprint density at radius 2 is 1.96 bits per heavy atom. The Morgan fingerprint density at radius 1 is 1.13 bits per heavy atom. The van der Waals surface area contributed by atoms with Gasteiger partial charge in [-0.2, -0.15) is 5.10 Å². The molecule has 1 fully saturated rings. The van der Waals surface area contributed by atoms with Crippen LogP contribution >= 0.6 is 23.2 Å². The Balaban J connectivity index is 1.77. The van der Waals surface area contributed by atoms with E-state index < -0.39 is 0 Å². The first-order valence-corrected chi connectivity index (χ1v) is 8.11. The van der Waals surface area contributed by atoms with Crippen LogP contribution in [0.15, 0.2) is 24.4 Å². The van der Waals surface area contributed by atoms with Gasteiger partial charge in [0.15, 0.2) is 5.65 Å². The molecule has 1 aromatic carbocycles. The van der Waals surface area contributed by atoms with Gasteiger partial charge in [0.2, 0.25) is 0 Å². The monoisotopic (exact) mass is 348 g/mol. The molecule has 0 unspecified atom stereocenters. The first-order chi connectivity index (χ1) is 11.2. The zero-order valence-electron chi connectivity index (χ0n) is 12.2. The van der Waals surface area contributed by atoms with Crippen molar-refractivity contribution in [2.75, 3.05) is 31.1 Å². The van der Waals surface area contributed by atoms with E-state index in [2.05, 4.69) is 30.4 Å². The topological polar surface area (TPSA) is 69.7 Å². The third-order valence-corrected chi connectivity index (χ3v) is 4.72. The van der Waals surface area contributed by atoms with Crippen molar-refractivity contribution in [2.24, 2.45) is 0 Å². The van der Waals surface area contributed by atoms with E-state index in [9.17, 15) is 0 Å². The number of hydrogen-bond donors (Lipinski definition) is 2. The van der Waals surface area contributed by atoms with Gasteiger partial charge in [-0.15, -0.1) is 0 Å². The van der Waals surface area contributed by atoms with Gasteiger partial charge in [-0.1, -0.05) is 35.3 Å². The molecule has 0 bridgehead atoms. The fourth-order valence-electron chi connectivity index (χ4n) is 2.71. The van der Waals surface area contributed by atoms with E-state index in [1.807, 2.05) is 12.1 Å². The Kier molecular flexibility index (Phi) is 3.80. The van der Waals surface area contributed by atoms with Crippen LogP contribution in [0.25, 0.3) is 22.4 Å². The highest BCUT2D eigenvalue weighted by Gasteiger charge is 2.18. The number of H-pyrrole nitrogens is 1. The van der Waals surface area contributed by atoms with Crippen molar-refractivity contribution in [1.29, 1.82) is 0 Å². The molecule has 0 aliphatic carbocycles. The molecule has 1 saturated heterocycles. The molecular weight excluding hydrogens is 335 g/mol. The molecule has 0 amide bonds. The van der Waals surface area contributed by atoms with Crippen LogP contribution in [0.5, 0.6) is 0 Å². The zero-order valence-corrected chi connectivity index (χ0v) is 13.7. The van der Waals surface area contributed by atoms with Crippen LogP contribution in [0.3, 0.4) is 0 Å².